The van der Waals surface area contributed by atoms with Gasteiger partial charge in [-0.1, -0.05) is 54.6 Å². The number of hydrogen-bond acceptors (Lipinski definition) is 5. The van der Waals surface area contributed by atoms with E-state index in [2.05, 4.69) is 9.71 Å². The van der Waals surface area contributed by atoms with Crippen LogP contribution < -0.4 is 4.72 Å². The highest BCUT2D eigenvalue weighted by molar-refractivity contribution is 7.90. The zero-order valence-corrected chi connectivity index (χ0v) is 15.8. The lowest BCUT2D eigenvalue weighted by Gasteiger charge is -2.07. The van der Waals surface area contributed by atoms with Gasteiger partial charge in [-0.15, -0.1) is 0 Å². The molecule has 28 heavy (non-hydrogen) atoms. The zero-order valence-electron chi connectivity index (χ0n) is 15.0. The summed E-state index contributed by atoms with van der Waals surface area (Å²) in [5.41, 5.74) is 1.46. The van der Waals surface area contributed by atoms with Gasteiger partial charge in [0.1, 0.15) is 12.4 Å². The molecule has 3 aromatic carbocycles. The molecule has 1 heterocycles. The molecular formula is C21H18N2O4S. The number of benzene rings is 3. The van der Waals surface area contributed by atoms with Crippen LogP contribution in [0.4, 0.5) is 0 Å². The van der Waals surface area contributed by atoms with Crippen LogP contribution in [-0.4, -0.2) is 26.8 Å². The van der Waals surface area contributed by atoms with E-state index in [1.807, 2.05) is 42.5 Å². The quantitative estimate of drug-likeness (QED) is 0.674. The molecule has 3 aromatic rings. The molecule has 0 bridgehead atoms. The third-order valence-electron chi connectivity index (χ3n) is 4.52. The molecule has 0 fully saturated rings. The average molecular weight is 394 g/mol. The molecule has 0 radical (unpaired) electrons. The van der Waals surface area contributed by atoms with Gasteiger partial charge in [0.05, 0.1) is 17.9 Å². The summed E-state index contributed by atoms with van der Waals surface area (Å²) < 4.78 is 31.9. The molecule has 0 amide bonds. The third kappa shape index (κ3) is 3.61. The first-order chi connectivity index (χ1) is 13.5. The van der Waals surface area contributed by atoms with Crippen molar-refractivity contribution in [2.45, 2.75) is 17.9 Å². The zero-order chi connectivity index (χ0) is 19.6. The van der Waals surface area contributed by atoms with E-state index in [4.69, 9.17) is 4.74 Å². The molecule has 0 aliphatic carbocycles. The van der Waals surface area contributed by atoms with Gasteiger partial charge in [-0.25, -0.2) is 8.42 Å². The van der Waals surface area contributed by atoms with Crippen molar-refractivity contribution in [1.82, 2.24) is 4.72 Å². The van der Waals surface area contributed by atoms with Crippen molar-refractivity contribution >= 4 is 32.6 Å². The van der Waals surface area contributed by atoms with Crippen LogP contribution in [0.2, 0.25) is 0 Å². The van der Waals surface area contributed by atoms with Crippen LogP contribution in [0.15, 0.2) is 76.6 Å². The van der Waals surface area contributed by atoms with Gasteiger partial charge in [-0.05, 0) is 28.5 Å². The largest absolute Gasteiger partial charge is 0.461 e. The number of esters is 1. The van der Waals surface area contributed by atoms with E-state index in [1.165, 1.54) is 6.07 Å². The number of sulfonamides is 1. The predicted octanol–water partition coefficient (Wildman–Crippen LogP) is 3.01. The van der Waals surface area contributed by atoms with Gasteiger partial charge in [0.25, 0.3) is 10.0 Å². The lowest BCUT2D eigenvalue weighted by Crippen LogP contribution is -2.22. The lowest BCUT2D eigenvalue weighted by atomic mass is 10.1. The summed E-state index contributed by atoms with van der Waals surface area (Å²) in [6, 6.07) is 20.4. The number of fused-ring (bicyclic) bond motifs is 2. The number of carbonyl (C=O) groups is 1. The van der Waals surface area contributed by atoms with Crippen molar-refractivity contribution in [3.63, 3.8) is 0 Å². The molecule has 0 aromatic heterocycles. The average Bonchev–Trinajstić information content (AvgIpc) is 2.97. The second-order valence-corrected chi connectivity index (χ2v) is 8.03. The van der Waals surface area contributed by atoms with Gasteiger partial charge in [-0.3, -0.25) is 14.5 Å². The fourth-order valence-electron chi connectivity index (χ4n) is 3.16. The molecule has 1 N–H and O–H groups in total. The minimum absolute atomic E-state index is 0.0676. The summed E-state index contributed by atoms with van der Waals surface area (Å²) in [7, 11) is -3.57. The number of amidine groups is 1. The van der Waals surface area contributed by atoms with E-state index in [9.17, 15) is 13.2 Å². The summed E-state index contributed by atoms with van der Waals surface area (Å²) in [5, 5.41) is 2.14. The summed E-state index contributed by atoms with van der Waals surface area (Å²) in [5.74, 6) is -0.121. The van der Waals surface area contributed by atoms with Crippen molar-refractivity contribution in [3.05, 3.63) is 77.9 Å². The van der Waals surface area contributed by atoms with E-state index in [-0.39, 0.29) is 36.3 Å². The molecule has 6 nitrogen and oxygen atoms in total. The Labute approximate surface area is 162 Å². The first kappa shape index (κ1) is 18.2. The second kappa shape index (κ2) is 7.44. The van der Waals surface area contributed by atoms with Crippen molar-refractivity contribution in [2.75, 3.05) is 6.54 Å². The second-order valence-electron chi connectivity index (χ2n) is 6.38. The van der Waals surface area contributed by atoms with Gasteiger partial charge in [0.2, 0.25) is 0 Å². The Morgan fingerprint density at radius 1 is 0.964 bits per heavy atom. The number of rotatable bonds is 5. The highest BCUT2D eigenvalue weighted by atomic mass is 32.2. The molecule has 142 valence electrons. The Morgan fingerprint density at radius 3 is 2.61 bits per heavy atom. The molecule has 4 rings (SSSR count). The van der Waals surface area contributed by atoms with E-state index >= 15 is 0 Å². The number of ether oxygens (including phenoxy) is 1. The van der Waals surface area contributed by atoms with Crippen LogP contribution in [-0.2, 0) is 26.2 Å². The highest BCUT2D eigenvalue weighted by Gasteiger charge is 2.29. The standard InChI is InChI=1S/C21H18N2O4S/c24-20(27-14-16-8-5-7-15-6-1-2-9-17(15)16)12-13-22-21-18-10-3-4-11-19(18)28(25,26)23-21/h1-11H,12-14H2,(H,22,23). The first-order valence-electron chi connectivity index (χ1n) is 8.83. The van der Waals surface area contributed by atoms with Crippen LogP contribution in [0.5, 0.6) is 0 Å². The molecular weight excluding hydrogens is 376 g/mol. The highest BCUT2D eigenvalue weighted by Crippen LogP contribution is 2.22. The van der Waals surface area contributed by atoms with Crippen LogP contribution >= 0.6 is 0 Å². The molecule has 1 aliphatic heterocycles. The molecule has 7 heteroatoms. The number of nitrogens with zero attached hydrogens (tertiary/aromatic N) is 1. The maximum absolute atomic E-state index is 12.1. The Morgan fingerprint density at radius 2 is 1.71 bits per heavy atom. The van der Waals surface area contributed by atoms with E-state index < -0.39 is 10.0 Å². The van der Waals surface area contributed by atoms with E-state index in [0.29, 0.717) is 5.56 Å². The van der Waals surface area contributed by atoms with Crippen molar-refractivity contribution < 1.29 is 17.9 Å². The smallest absolute Gasteiger partial charge is 0.308 e. The molecule has 1 aliphatic rings. The molecule has 0 atom stereocenters. The van der Waals surface area contributed by atoms with Gasteiger partial charge < -0.3 is 4.74 Å². The molecule has 0 unspecified atom stereocenters. The summed E-state index contributed by atoms with van der Waals surface area (Å²) >= 11 is 0. The van der Waals surface area contributed by atoms with Gasteiger partial charge in [-0.2, -0.15) is 0 Å². The van der Waals surface area contributed by atoms with Gasteiger partial charge in [0.15, 0.2) is 0 Å². The van der Waals surface area contributed by atoms with Crippen LogP contribution in [0.25, 0.3) is 10.8 Å². The summed E-state index contributed by atoms with van der Waals surface area (Å²) in [6.07, 6.45) is 0.0676. The van der Waals surface area contributed by atoms with Crippen molar-refractivity contribution in [3.8, 4) is 0 Å². The summed E-state index contributed by atoms with van der Waals surface area (Å²) in [4.78, 5) is 16.5. The van der Waals surface area contributed by atoms with Crippen molar-refractivity contribution in [1.29, 1.82) is 0 Å². The van der Waals surface area contributed by atoms with Gasteiger partial charge in [0, 0.05) is 5.56 Å². The molecule has 0 saturated carbocycles. The Hall–Kier alpha value is -3.19. The number of carbonyl (C=O) groups excluding carboxylic acids is 1. The van der Waals surface area contributed by atoms with Gasteiger partial charge >= 0.3 is 5.97 Å². The normalized spacial score (nSPS) is 15.9. The fourth-order valence-corrected chi connectivity index (χ4v) is 4.41. The maximum atomic E-state index is 12.1. The van der Waals surface area contributed by atoms with Crippen LogP contribution in [0.3, 0.4) is 0 Å². The van der Waals surface area contributed by atoms with Crippen molar-refractivity contribution in [2.24, 2.45) is 4.99 Å². The Balaban J connectivity index is 1.37. The molecule has 0 saturated heterocycles. The third-order valence-corrected chi connectivity index (χ3v) is 5.91. The Kier molecular flexibility index (Phi) is 4.83. The number of hydrogen-bond donors (Lipinski definition) is 1. The SMILES string of the molecule is O=C(CCN=C1NS(=O)(=O)c2ccccc21)OCc1cccc2ccccc12. The molecule has 0 spiro atoms. The fraction of sp³-hybridized carbons (Fsp3) is 0.143. The minimum atomic E-state index is -3.57. The van der Waals surface area contributed by atoms with E-state index in [1.54, 1.807) is 18.2 Å². The van der Waals surface area contributed by atoms with Crippen LogP contribution in [0.1, 0.15) is 17.5 Å². The number of aliphatic imine (C=N–C) groups is 1. The summed E-state index contributed by atoms with van der Waals surface area (Å²) in [6.45, 7) is 0.326. The predicted molar refractivity (Wildman–Crippen MR) is 107 cm³/mol. The number of nitrogens with one attached hydrogen (secondary N) is 1. The Bertz CT molecular complexity index is 1180. The first-order valence-corrected chi connectivity index (χ1v) is 10.3. The van der Waals surface area contributed by atoms with E-state index in [0.717, 1.165) is 16.3 Å². The minimum Gasteiger partial charge on any atom is -0.461 e. The monoisotopic (exact) mass is 394 g/mol. The van der Waals surface area contributed by atoms with Crippen LogP contribution in [0, 0.1) is 0 Å². The maximum Gasteiger partial charge on any atom is 0.308 e. The topological polar surface area (TPSA) is 84.8 Å². The lowest BCUT2D eigenvalue weighted by molar-refractivity contribution is -0.144.